The summed E-state index contributed by atoms with van der Waals surface area (Å²) >= 11 is 13.4. The third kappa shape index (κ3) is 1.72. The normalized spacial score (nSPS) is 30.9. The quantitative estimate of drug-likeness (QED) is 0.746. The van der Waals surface area contributed by atoms with Crippen molar-refractivity contribution in [3.8, 4) is 5.75 Å². The number of alkyl halides is 2. The summed E-state index contributed by atoms with van der Waals surface area (Å²) < 4.78 is 11.3. The molecule has 1 aliphatic carbocycles. The largest absolute Gasteiger partial charge is 0.485 e. The number of hydrogen-bond donors (Lipinski definition) is 0. The minimum Gasteiger partial charge on any atom is -0.485 e. The number of hydrogen-bond acceptors (Lipinski definition) is 2. The minimum absolute atomic E-state index is 0.124. The zero-order valence-corrected chi connectivity index (χ0v) is 13.6. The Hall–Kier alpha value is -1.22. The molecule has 2 aromatic rings. The van der Waals surface area contributed by atoms with Crippen LogP contribution in [0, 0.1) is 5.92 Å². The molecule has 22 heavy (non-hydrogen) atoms. The van der Waals surface area contributed by atoms with E-state index in [-0.39, 0.29) is 12.0 Å². The Morgan fingerprint density at radius 2 is 1.73 bits per heavy atom. The molecule has 4 rings (SSSR count). The lowest BCUT2D eigenvalue weighted by Gasteiger charge is -2.31. The first-order valence-electron chi connectivity index (χ1n) is 7.46. The summed E-state index contributed by atoms with van der Waals surface area (Å²) in [6.45, 7) is 2.51. The van der Waals surface area contributed by atoms with Gasteiger partial charge in [0.2, 0.25) is 0 Å². The molecule has 1 saturated carbocycles. The predicted octanol–water partition coefficient (Wildman–Crippen LogP) is 4.86. The van der Waals surface area contributed by atoms with Crippen LogP contribution in [0.1, 0.15) is 24.2 Å². The van der Waals surface area contributed by atoms with Gasteiger partial charge in [-0.1, -0.05) is 71.7 Å². The van der Waals surface area contributed by atoms with Gasteiger partial charge in [0.25, 0.3) is 0 Å². The van der Waals surface area contributed by atoms with Crippen LogP contribution in [0.4, 0.5) is 0 Å². The Kier molecular flexibility index (Phi) is 3.19. The van der Waals surface area contributed by atoms with Crippen molar-refractivity contribution in [1.29, 1.82) is 0 Å². The number of para-hydroxylation sites is 1. The Morgan fingerprint density at radius 1 is 1.05 bits per heavy atom. The van der Waals surface area contributed by atoms with Crippen molar-refractivity contribution >= 4 is 23.2 Å². The molecule has 1 aliphatic heterocycles. The Morgan fingerprint density at radius 3 is 2.45 bits per heavy atom. The van der Waals surface area contributed by atoms with Gasteiger partial charge in [0.05, 0.1) is 5.92 Å². The fourth-order valence-corrected chi connectivity index (χ4v) is 4.61. The Balaban J connectivity index is 1.88. The second-order valence-electron chi connectivity index (χ2n) is 5.71. The lowest BCUT2D eigenvalue weighted by atomic mass is 9.95. The van der Waals surface area contributed by atoms with Gasteiger partial charge in [-0.15, -0.1) is 0 Å². The molecule has 2 aliphatic rings. The van der Waals surface area contributed by atoms with Crippen LogP contribution in [0.2, 0.25) is 0 Å². The summed E-state index contributed by atoms with van der Waals surface area (Å²) in [6.07, 6.45) is -0.211. The molecule has 0 bridgehead atoms. The molecule has 2 aromatic carbocycles. The molecular formula is C18H16Cl2O2. The first-order chi connectivity index (χ1) is 10.6. The summed E-state index contributed by atoms with van der Waals surface area (Å²) in [6, 6.07) is 17.9. The van der Waals surface area contributed by atoms with Crippen LogP contribution in [0.5, 0.6) is 5.75 Å². The average molecular weight is 335 g/mol. The van der Waals surface area contributed by atoms with Crippen molar-refractivity contribution in [1.82, 2.24) is 0 Å². The number of fused-ring (bicyclic) bond motifs is 3. The molecule has 1 heterocycles. The summed E-state index contributed by atoms with van der Waals surface area (Å²) in [7, 11) is 0. The van der Waals surface area contributed by atoms with Gasteiger partial charge in [-0.2, -0.15) is 0 Å². The first kappa shape index (κ1) is 14.4. The fraction of sp³-hybridized carbons (Fsp3) is 0.333. The number of ether oxygens (including phenoxy) is 2. The molecule has 0 amide bonds. The molecule has 0 radical (unpaired) electrons. The maximum atomic E-state index is 6.68. The predicted molar refractivity (Wildman–Crippen MR) is 87.5 cm³/mol. The molecule has 0 unspecified atom stereocenters. The monoisotopic (exact) mass is 334 g/mol. The molecule has 0 aromatic heterocycles. The van der Waals surface area contributed by atoms with E-state index >= 15 is 0 Å². The van der Waals surface area contributed by atoms with Crippen LogP contribution < -0.4 is 4.74 Å². The average Bonchev–Trinajstić information content (AvgIpc) is 3.05. The highest BCUT2D eigenvalue weighted by molar-refractivity contribution is 6.52. The molecule has 0 N–H and O–H groups in total. The SMILES string of the molecule is CCO[C@]12c3ccccc3O[C@@H](c3ccccc3)[C@@H]1C2(Cl)Cl. The summed E-state index contributed by atoms with van der Waals surface area (Å²) in [5.74, 6) is 0.671. The number of halogens is 2. The molecule has 114 valence electrons. The van der Waals surface area contributed by atoms with Crippen LogP contribution in [0.15, 0.2) is 54.6 Å². The lowest BCUT2D eigenvalue weighted by Crippen LogP contribution is -2.27. The highest BCUT2D eigenvalue weighted by Crippen LogP contribution is 2.77. The van der Waals surface area contributed by atoms with Crippen molar-refractivity contribution in [2.24, 2.45) is 5.92 Å². The van der Waals surface area contributed by atoms with Gasteiger partial charge in [-0.3, -0.25) is 0 Å². The molecule has 2 nitrogen and oxygen atoms in total. The first-order valence-corrected chi connectivity index (χ1v) is 8.21. The van der Waals surface area contributed by atoms with Gasteiger partial charge < -0.3 is 9.47 Å². The van der Waals surface area contributed by atoms with Crippen LogP contribution >= 0.6 is 23.2 Å². The number of rotatable bonds is 3. The number of benzene rings is 2. The van der Waals surface area contributed by atoms with Crippen LogP contribution in [-0.2, 0) is 10.3 Å². The third-order valence-electron chi connectivity index (χ3n) is 4.58. The fourth-order valence-electron chi connectivity index (χ4n) is 3.63. The van der Waals surface area contributed by atoms with Crippen molar-refractivity contribution in [3.63, 3.8) is 0 Å². The molecule has 4 heteroatoms. The second-order valence-corrected chi connectivity index (χ2v) is 7.10. The third-order valence-corrected chi connectivity index (χ3v) is 5.62. The topological polar surface area (TPSA) is 18.5 Å². The maximum Gasteiger partial charge on any atom is 0.161 e. The molecule has 0 saturated heterocycles. The lowest BCUT2D eigenvalue weighted by molar-refractivity contribution is -0.0118. The molecule has 3 atom stereocenters. The van der Waals surface area contributed by atoms with Crippen molar-refractivity contribution in [2.75, 3.05) is 6.61 Å². The van der Waals surface area contributed by atoms with Crippen LogP contribution in [0.3, 0.4) is 0 Å². The summed E-state index contributed by atoms with van der Waals surface area (Å²) in [5.41, 5.74) is 1.31. The summed E-state index contributed by atoms with van der Waals surface area (Å²) in [4.78, 5) is 0. The van der Waals surface area contributed by atoms with Gasteiger partial charge in [-0.25, -0.2) is 0 Å². The van der Waals surface area contributed by atoms with Gasteiger partial charge in [0.15, 0.2) is 4.33 Å². The van der Waals surface area contributed by atoms with E-state index in [1.807, 2.05) is 61.5 Å². The Bertz CT molecular complexity index is 701. The highest BCUT2D eigenvalue weighted by Gasteiger charge is 2.83. The van der Waals surface area contributed by atoms with Gasteiger partial charge >= 0.3 is 0 Å². The van der Waals surface area contributed by atoms with E-state index in [1.165, 1.54) is 0 Å². The summed E-state index contributed by atoms with van der Waals surface area (Å²) in [5, 5.41) is 0. The maximum absolute atomic E-state index is 6.68. The van der Waals surface area contributed by atoms with Crippen molar-refractivity contribution in [2.45, 2.75) is 23.0 Å². The van der Waals surface area contributed by atoms with Gasteiger partial charge in [0, 0.05) is 12.2 Å². The van der Waals surface area contributed by atoms with Crippen LogP contribution in [0.25, 0.3) is 0 Å². The van der Waals surface area contributed by atoms with E-state index in [4.69, 9.17) is 32.7 Å². The van der Waals surface area contributed by atoms with Gasteiger partial charge in [0.1, 0.15) is 17.5 Å². The Labute approximate surface area is 140 Å². The second kappa shape index (κ2) is 4.89. The van der Waals surface area contributed by atoms with E-state index in [0.717, 1.165) is 16.9 Å². The zero-order valence-electron chi connectivity index (χ0n) is 12.1. The van der Waals surface area contributed by atoms with E-state index in [2.05, 4.69) is 0 Å². The van der Waals surface area contributed by atoms with E-state index < -0.39 is 9.93 Å². The molecule has 0 spiro atoms. The van der Waals surface area contributed by atoms with Crippen molar-refractivity contribution < 1.29 is 9.47 Å². The molecular weight excluding hydrogens is 319 g/mol. The highest BCUT2D eigenvalue weighted by atomic mass is 35.5. The van der Waals surface area contributed by atoms with Crippen LogP contribution in [-0.4, -0.2) is 10.9 Å². The van der Waals surface area contributed by atoms with E-state index in [0.29, 0.717) is 6.61 Å². The van der Waals surface area contributed by atoms with E-state index in [9.17, 15) is 0 Å². The van der Waals surface area contributed by atoms with Crippen molar-refractivity contribution in [3.05, 3.63) is 65.7 Å². The smallest absolute Gasteiger partial charge is 0.161 e. The molecule has 1 fully saturated rings. The van der Waals surface area contributed by atoms with E-state index in [1.54, 1.807) is 0 Å². The van der Waals surface area contributed by atoms with Gasteiger partial charge in [-0.05, 0) is 18.6 Å². The minimum atomic E-state index is -0.990. The standard InChI is InChI=1S/C18H16Cl2O2/c1-2-21-17-13-10-6-7-11-14(13)22-15(16(17)18(17,19)20)12-8-4-3-5-9-12/h3-11,15-16H,2H2,1H3/t15-,16-,17+/m0/s1. The zero-order chi connectivity index (χ0) is 15.4.